The standard InChI is InChI=1S/C22H18F5N5O/c23-16-6-1-5-15(19-28-7-3-8-29-19)18(16)21(33)32-9-2-4-14(12-32)31-20-17(24)10-13(11-30-20)22(25,26)27/h1,3,5-8,10-11,14H,2,4,9,12H2,(H,30,31). The van der Waals surface area contributed by atoms with Gasteiger partial charge in [0.1, 0.15) is 5.82 Å². The van der Waals surface area contributed by atoms with Gasteiger partial charge in [-0.3, -0.25) is 4.79 Å². The number of hydrogen-bond acceptors (Lipinski definition) is 5. The number of carbonyl (C=O) groups excluding carboxylic acids is 1. The Morgan fingerprint density at radius 3 is 2.52 bits per heavy atom. The lowest BCUT2D eigenvalue weighted by Gasteiger charge is -2.34. The normalized spacial score (nSPS) is 16.5. The lowest BCUT2D eigenvalue weighted by Crippen LogP contribution is -2.45. The number of benzene rings is 1. The van der Waals surface area contributed by atoms with Gasteiger partial charge in [-0.1, -0.05) is 12.1 Å². The van der Waals surface area contributed by atoms with E-state index < -0.39 is 35.3 Å². The molecule has 33 heavy (non-hydrogen) atoms. The van der Waals surface area contributed by atoms with Crippen molar-refractivity contribution < 1.29 is 26.7 Å². The Labute approximate surface area is 185 Å². The van der Waals surface area contributed by atoms with Gasteiger partial charge in [0, 0.05) is 43.3 Å². The van der Waals surface area contributed by atoms with Crippen molar-refractivity contribution in [1.82, 2.24) is 19.9 Å². The summed E-state index contributed by atoms with van der Waals surface area (Å²) in [5, 5.41) is 2.76. The number of alkyl halides is 3. The van der Waals surface area contributed by atoms with Gasteiger partial charge < -0.3 is 10.2 Å². The van der Waals surface area contributed by atoms with Crippen LogP contribution in [0.2, 0.25) is 0 Å². The molecular weight excluding hydrogens is 445 g/mol. The van der Waals surface area contributed by atoms with Crippen LogP contribution < -0.4 is 5.32 Å². The summed E-state index contributed by atoms with van der Waals surface area (Å²) in [5.41, 5.74) is -1.13. The number of nitrogens with zero attached hydrogens (tertiary/aromatic N) is 4. The summed E-state index contributed by atoms with van der Waals surface area (Å²) in [6.07, 6.45) is -0.153. The molecule has 0 spiro atoms. The minimum atomic E-state index is -4.71. The fourth-order valence-electron chi connectivity index (χ4n) is 3.70. The molecule has 1 fully saturated rings. The molecule has 172 valence electrons. The minimum absolute atomic E-state index is 0.0877. The highest BCUT2D eigenvalue weighted by Gasteiger charge is 2.33. The highest BCUT2D eigenvalue weighted by Crippen LogP contribution is 2.31. The third kappa shape index (κ3) is 4.91. The molecule has 11 heteroatoms. The molecule has 4 rings (SSSR count). The van der Waals surface area contributed by atoms with Gasteiger partial charge in [0.05, 0.1) is 11.1 Å². The van der Waals surface area contributed by atoms with Gasteiger partial charge in [0.25, 0.3) is 5.91 Å². The molecule has 0 aliphatic carbocycles. The van der Waals surface area contributed by atoms with Crippen molar-refractivity contribution in [2.24, 2.45) is 0 Å². The average Bonchev–Trinajstić information content (AvgIpc) is 2.80. The first-order chi connectivity index (χ1) is 15.7. The Balaban J connectivity index is 1.54. The van der Waals surface area contributed by atoms with E-state index in [0.29, 0.717) is 31.6 Å². The fraction of sp³-hybridized carbons (Fsp3) is 0.273. The Hall–Kier alpha value is -3.63. The fourth-order valence-corrected chi connectivity index (χ4v) is 3.70. The van der Waals surface area contributed by atoms with Crippen LogP contribution in [-0.4, -0.2) is 44.9 Å². The smallest absolute Gasteiger partial charge is 0.363 e. The molecule has 2 aromatic heterocycles. The number of piperidine rings is 1. The number of amides is 1. The van der Waals surface area contributed by atoms with Crippen LogP contribution in [0.25, 0.3) is 11.4 Å². The molecule has 1 aliphatic heterocycles. The summed E-state index contributed by atoms with van der Waals surface area (Å²) in [5.74, 6) is -2.60. The first kappa shape index (κ1) is 22.6. The van der Waals surface area contributed by atoms with Gasteiger partial charge in [-0.05, 0) is 31.0 Å². The van der Waals surface area contributed by atoms with Crippen LogP contribution in [0.5, 0.6) is 0 Å². The van der Waals surface area contributed by atoms with E-state index in [4.69, 9.17) is 0 Å². The lowest BCUT2D eigenvalue weighted by atomic mass is 10.0. The maximum atomic E-state index is 14.7. The van der Waals surface area contributed by atoms with E-state index >= 15 is 0 Å². The summed E-state index contributed by atoms with van der Waals surface area (Å²) in [6, 6.07) is 5.65. The molecule has 1 N–H and O–H groups in total. The Bertz CT molecular complexity index is 1160. The molecule has 1 atom stereocenters. The zero-order chi connectivity index (χ0) is 23.6. The average molecular weight is 463 g/mol. The monoisotopic (exact) mass is 463 g/mol. The second-order valence-electron chi connectivity index (χ2n) is 7.52. The van der Waals surface area contributed by atoms with Crippen LogP contribution in [0, 0.1) is 11.6 Å². The van der Waals surface area contributed by atoms with E-state index in [2.05, 4.69) is 20.3 Å². The van der Waals surface area contributed by atoms with E-state index in [9.17, 15) is 26.7 Å². The molecule has 3 heterocycles. The van der Waals surface area contributed by atoms with Crippen LogP contribution in [0.3, 0.4) is 0 Å². The Morgan fingerprint density at radius 2 is 1.82 bits per heavy atom. The molecule has 6 nitrogen and oxygen atoms in total. The van der Waals surface area contributed by atoms with Crippen molar-refractivity contribution in [2.45, 2.75) is 25.1 Å². The molecule has 0 bridgehead atoms. The van der Waals surface area contributed by atoms with Crippen LogP contribution in [0.15, 0.2) is 48.9 Å². The van der Waals surface area contributed by atoms with Crippen molar-refractivity contribution in [2.75, 3.05) is 18.4 Å². The molecule has 0 saturated carbocycles. The quantitative estimate of drug-likeness (QED) is 0.575. The number of pyridine rings is 1. The number of carbonyl (C=O) groups is 1. The second kappa shape index (κ2) is 9.08. The molecule has 3 aromatic rings. The van der Waals surface area contributed by atoms with Crippen molar-refractivity contribution in [1.29, 1.82) is 0 Å². The maximum absolute atomic E-state index is 14.7. The van der Waals surface area contributed by atoms with Crippen molar-refractivity contribution >= 4 is 11.7 Å². The third-order valence-electron chi connectivity index (χ3n) is 5.25. The molecule has 1 unspecified atom stereocenters. The molecule has 1 saturated heterocycles. The number of aromatic nitrogens is 3. The maximum Gasteiger partial charge on any atom is 0.417 e. The number of likely N-dealkylation sites (tertiary alicyclic amines) is 1. The number of anilines is 1. The zero-order valence-corrected chi connectivity index (χ0v) is 17.1. The Morgan fingerprint density at radius 1 is 1.06 bits per heavy atom. The van der Waals surface area contributed by atoms with Crippen molar-refractivity contribution in [3.05, 3.63) is 71.7 Å². The topological polar surface area (TPSA) is 71.0 Å². The van der Waals surface area contributed by atoms with Gasteiger partial charge in [0.2, 0.25) is 0 Å². The number of nitrogens with one attached hydrogen (secondary N) is 1. The third-order valence-corrected chi connectivity index (χ3v) is 5.25. The van der Waals surface area contributed by atoms with E-state index in [0.717, 1.165) is 0 Å². The summed E-state index contributed by atoms with van der Waals surface area (Å²) < 4.78 is 67.1. The van der Waals surface area contributed by atoms with E-state index in [1.807, 2.05) is 0 Å². The van der Waals surface area contributed by atoms with Gasteiger partial charge in [-0.2, -0.15) is 13.2 Å². The first-order valence-electron chi connectivity index (χ1n) is 10.1. The van der Waals surface area contributed by atoms with E-state index in [1.165, 1.54) is 29.4 Å². The lowest BCUT2D eigenvalue weighted by molar-refractivity contribution is -0.138. The second-order valence-corrected chi connectivity index (χ2v) is 7.52. The minimum Gasteiger partial charge on any atom is -0.363 e. The van der Waals surface area contributed by atoms with Gasteiger partial charge in [0.15, 0.2) is 17.5 Å². The van der Waals surface area contributed by atoms with Crippen LogP contribution in [-0.2, 0) is 6.18 Å². The molecular formula is C22H18F5N5O. The van der Waals surface area contributed by atoms with E-state index in [-0.39, 0.29) is 29.3 Å². The predicted octanol–water partition coefficient (Wildman–Crippen LogP) is 4.55. The first-order valence-corrected chi connectivity index (χ1v) is 10.1. The largest absolute Gasteiger partial charge is 0.417 e. The number of hydrogen-bond donors (Lipinski definition) is 1. The zero-order valence-electron chi connectivity index (χ0n) is 17.1. The summed E-state index contributed by atoms with van der Waals surface area (Å²) in [7, 11) is 0. The number of halogens is 5. The van der Waals surface area contributed by atoms with Gasteiger partial charge >= 0.3 is 6.18 Å². The van der Waals surface area contributed by atoms with Crippen LogP contribution in [0.4, 0.5) is 27.8 Å². The van der Waals surface area contributed by atoms with E-state index in [1.54, 1.807) is 12.1 Å². The molecule has 0 radical (unpaired) electrons. The van der Waals surface area contributed by atoms with Gasteiger partial charge in [-0.15, -0.1) is 0 Å². The Kier molecular flexibility index (Phi) is 6.21. The van der Waals surface area contributed by atoms with Crippen molar-refractivity contribution in [3.63, 3.8) is 0 Å². The highest BCUT2D eigenvalue weighted by molar-refractivity contribution is 6.00. The van der Waals surface area contributed by atoms with Crippen LogP contribution in [0.1, 0.15) is 28.8 Å². The van der Waals surface area contributed by atoms with Crippen molar-refractivity contribution in [3.8, 4) is 11.4 Å². The summed E-state index contributed by atoms with van der Waals surface area (Å²) in [6.45, 7) is 0.424. The van der Waals surface area contributed by atoms with Crippen LogP contribution >= 0.6 is 0 Å². The van der Waals surface area contributed by atoms with Gasteiger partial charge in [-0.25, -0.2) is 23.7 Å². The molecule has 1 aliphatic rings. The molecule has 1 amide bonds. The summed E-state index contributed by atoms with van der Waals surface area (Å²) in [4.78, 5) is 26.4. The molecule has 1 aromatic carbocycles. The SMILES string of the molecule is O=C(c1c(F)cccc1-c1ncccn1)N1CCCC(Nc2ncc(C(F)(F)F)cc2F)C1. The predicted molar refractivity (Wildman–Crippen MR) is 109 cm³/mol. The number of rotatable bonds is 4. The summed E-state index contributed by atoms with van der Waals surface area (Å²) >= 11 is 0. The highest BCUT2D eigenvalue weighted by atomic mass is 19.4.